The van der Waals surface area contributed by atoms with Gasteiger partial charge in [0, 0.05) is 43.9 Å². The van der Waals surface area contributed by atoms with Gasteiger partial charge in [-0.3, -0.25) is 0 Å². The lowest BCUT2D eigenvalue weighted by molar-refractivity contribution is -0.160. The first-order valence-electron chi connectivity index (χ1n) is 19.0. The second-order valence-electron chi connectivity index (χ2n) is 16.9. The molecule has 4 aromatic rings. The van der Waals surface area contributed by atoms with Crippen molar-refractivity contribution < 1.29 is 28.5 Å². The summed E-state index contributed by atoms with van der Waals surface area (Å²) >= 11 is 0. The van der Waals surface area contributed by atoms with Gasteiger partial charge in [0.15, 0.2) is 5.79 Å². The van der Waals surface area contributed by atoms with Gasteiger partial charge in [0.1, 0.15) is 35.1 Å². The van der Waals surface area contributed by atoms with Crippen LogP contribution in [0.3, 0.4) is 0 Å². The number of rotatable bonds is 11. The minimum absolute atomic E-state index is 0.0915. The largest absolute Gasteiger partial charge is 0.444 e. The van der Waals surface area contributed by atoms with Crippen molar-refractivity contribution in [2.75, 3.05) is 31.9 Å². The van der Waals surface area contributed by atoms with Crippen molar-refractivity contribution >= 4 is 29.0 Å². The summed E-state index contributed by atoms with van der Waals surface area (Å²) in [7, 11) is 0. The van der Waals surface area contributed by atoms with Gasteiger partial charge in [0.25, 0.3) is 0 Å². The number of hydrogen-bond acceptors (Lipinski definition) is 9. The van der Waals surface area contributed by atoms with Crippen LogP contribution >= 0.6 is 0 Å². The van der Waals surface area contributed by atoms with Crippen molar-refractivity contribution in [3.8, 4) is 11.1 Å². The zero-order valence-electron chi connectivity index (χ0n) is 33.0. The van der Waals surface area contributed by atoms with Crippen molar-refractivity contribution in [1.29, 1.82) is 0 Å². The number of amides is 2. The summed E-state index contributed by atoms with van der Waals surface area (Å²) in [5.74, 6) is -0.506. The minimum Gasteiger partial charge on any atom is -0.444 e. The van der Waals surface area contributed by atoms with Crippen LogP contribution in [0.15, 0.2) is 73.2 Å². The van der Waals surface area contributed by atoms with E-state index in [2.05, 4.69) is 40.0 Å². The third-order valence-corrected chi connectivity index (χ3v) is 9.76. The Labute approximate surface area is 318 Å². The molecule has 1 aliphatic heterocycles. The van der Waals surface area contributed by atoms with E-state index in [0.29, 0.717) is 51.3 Å². The highest BCUT2D eigenvalue weighted by atomic mass is 16.8. The number of nitrogens with zero attached hydrogens (tertiary/aromatic N) is 5. The molecule has 2 N–H and O–H groups in total. The van der Waals surface area contributed by atoms with Gasteiger partial charge in [-0.25, -0.2) is 19.6 Å². The Morgan fingerprint density at radius 2 is 1.44 bits per heavy atom. The van der Waals surface area contributed by atoms with Crippen molar-refractivity contribution in [3.05, 3.63) is 78.8 Å². The highest BCUT2D eigenvalue weighted by Gasteiger charge is 2.55. The molecule has 0 radical (unpaired) electrons. The second-order valence-corrected chi connectivity index (χ2v) is 16.9. The Bertz CT molecular complexity index is 1900. The van der Waals surface area contributed by atoms with Gasteiger partial charge in [-0.05, 0) is 85.8 Å². The molecule has 4 atom stereocenters. The number of carbonyl (C=O) groups is 2. The molecule has 290 valence electrons. The van der Waals surface area contributed by atoms with Crippen molar-refractivity contribution in [3.63, 3.8) is 0 Å². The summed E-state index contributed by atoms with van der Waals surface area (Å²) in [4.78, 5) is 39.8. The maximum atomic E-state index is 13.9. The van der Waals surface area contributed by atoms with Gasteiger partial charge < -0.3 is 39.0 Å². The van der Waals surface area contributed by atoms with E-state index in [1.807, 2.05) is 91.8 Å². The molecule has 2 aliphatic rings. The number of carbonyl (C=O) groups excluding carboxylic acids is 2. The van der Waals surface area contributed by atoms with E-state index in [9.17, 15) is 9.59 Å². The summed E-state index contributed by atoms with van der Waals surface area (Å²) in [6, 6.07) is 20.0. The fourth-order valence-electron chi connectivity index (χ4n) is 7.55. The number of aromatic nitrogens is 3. The number of fused-ring (bicyclic) bond motifs is 2. The summed E-state index contributed by atoms with van der Waals surface area (Å²) in [5.41, 5.74) is 8.97. The van der Waals surface area contributed by atoms with E-state index >= 15 is 0 Å². The average molecular weight is 741 g/mol. The molecule has 2 fully saturated rings. The normalized spacial score (nSPS) is 20.8. The van der Waals surface area contributed by atoms with Gasteiger partial charge in [-0.15, -0.1) is 0 Å². The Morgan fingerprint density at radius 3 is 2.09 bits per heavy atom. The molecular weight excluding hydrogens is 684 g/mol. The molecule has 12 nitrogen and oxygen atoms in total. The monoisotopic (exact) mass is 740 g/mol. The SMILES string of the molecule is CC(C)(C)OC(=O)N(CCCN(C[C@H]1C[C@@H](n2cc(-c3ccccc3)c3c(N)ncnc32)[C@@H]2OC(C)(C)O[C@H]12)C(=O)OC(C)(C)C)CCc1ccccc1. The molecule has 0 bridgehead atoms. The van der Waals surface area contributed by atoms with Crippen molar-refractivity contribution in [2.24, 2.45) is 5.92 Å². The summed E-state index contributed by atoms with van der Waals surface area (Å²) < 4.78 is 27.1. The van der Waals surface area contributed by atoms with Gasteiger partial charge in [-0.2, -0.15) is 0 Å². The molecule has 1 saturated heterocycles. The highest BCUT2D eigenvalue weighted by molar-refractivity contribution is 6.00. The fraction of sp³-hybridized carbons (Fsp3) is 0.524. The molecule has 2 aromatic carbocycles. The Balaban J connectivity index is 1.25. The molecule has 54 heavy (non-hydrogen) atoms. The zero-order chi connectivity index (χ0) is 38.8. The van der Waals surface area contributed by atoms with Gasteiger partial charge in [0.2, 0.25) is 0 Å². The number of ether oxygens (including phenoxy) is 4. The first-order valence-corrected chi connectivity index (χ1v) is 19.0. The van der Waals surface area contributed by atoms with E-state index in [1.165, 1.54) is 6.33 Å². The molecular formula is C42H56N6O6. The highest BCUT2D eigenvalue weighted by Crippen LogP contribution is 2.49. The zero-order valence-corrected chi connectivity index (χ0v) is 33.0. The van der Waals surface area contributed by atoms with Crippen LogP contribution in [0.5, 0.6) is 0 Å². The standard InChI is InChI=1S/C42H56N6O6/c1-40(2,3)53-38(49)46(23-20-28-16-11-9-12-17-28)21-15-22-47(39(50)54-41(4,5)6)25-30-24-32(35-34(30)51-42(7,8)52-35)48-26-31(29-18-13-10-14-19-29)33-36(43)44-27-45-37(33)48/h9-14,16-19,26-27,30,32,34-35H,15,20-25H2,1-8H3,(H2,43,44,45)/t30-,32-,34-,35+/m1/s1. The predicted octanol–water partition coefficient (Wildman–Crippen LogP) is 7.87. The van der Waals surface area contributed by atoms with Crippen LogP contribution in [-0.2, 0) is 25.4 Å². The Hall–Kier alpha value is -4.68. The van der Waals surface area contributed by atoms with Crippen molar-refractivity contribution in [2.45, 2.75) is 110 Å². The lowest BCUT2D eigenvalue weighted by Crippen LogP contribution is -2.44. The number of hydrogen-bond donors (Lipinski definition) is 1. The van der Waals surface area contributed by atoms with E-state index in [-0.39, 0.29) is 30.3 Å². The molecule has 12 heteroatoms. The summed E-state index contributed by atoms with van der Waals surface area (Å²) in [6.07, 6.45) is 4.08. The lowest BCUT2D eigenvalue weighted by atomic mass is 10.0. The number of nitrogen functional groups attached to an aromatic ring is 1. The van der Waals surface area contributed by atoms with Crippen LogP contribution in [-0.4, -0.2) is 91.9 Å². The molecule has 6 rings (SSSR count). The summed E-state index contributed by atoms with van der Waals surface area (Å²) in [6.45, 7) is 16.7. The Kier molecular flexibility index (Phi) is 11.3. The van der Waals surface area contributed by atoms with Crippen LogP contribution in [0.4, 0.5) is 15.4 Å². The number of benzene rings is 2. The topological polar surface area (TPSA) is 134 Å². The van der Waals surface area contributed by atoms with E-state index in [1.54, 1.807) is 9.80 Å². The third kappa shape index (κ3) is 9.33. The van der Waals surface area contributed by atoms with Crippen LogP contribution < -0.4 is 5.73 Å². The maximum Gasteiger partial charge on any atom is 0.410 e. The smallest absolute Gasteiger partial charge is 0.410 e. The molecule has 3 heterocycles. The van der Waals surface area contributed by atoms with Gasteiger partial charge >= 0.3 is 12.2 Å². The number of anilines is 1. The van der Waals surface area contributed by atoms with E-state index in [0.717, 1.165) is 27.7 Å². The first kappa shape index (κ1) is 39.0. The molecule has 1 aliphatic carbocycles. The van der Waals surface area contributed by atoms with Crippen LogP contribution in [0.1, 0.15) is 79.8 Å². The van der Waals surface area contributed by atoms with Crippen LogP contribution in [0.2, 0.25) is 0 Å². The van der Waals surface area contributed by atoms with Crippen LogP contribution in [0, 0.1) is 5.92 Å². The van der Waals surface area contributed by atoms with Gasteiger partial charge in [0.05, 0.1) is 17.5 Å². The molecule has 0 unspecified atom stereocenters. The first-order chi connectivity index (χ1) is 25.5. The molecule has 1 saturated carbocycles. The van der Waals surface area contributed by atoms with E-state index in [4.69, 9.17) is 29.7 Å². The molecule has 2 aromatic heterocycles. The van der Waals surface area contributed by atoms with Crippen LogP contribution in [0.25, 0.3) is 22.2 Å². The molecule has 2 amide bonds. The lowest BCUT2D eigenvalue weighted by Gasteiger charge is -2.32. The van der Waals surface area contributed by atoms with Crippen molar-refractivity contribution in [1.82, 2.24) is 24.3 Å². The fourth-order valence-corrected chi connectivity index (χ4v) is 7.55. The average Bonchev–Trinajstić information content (AvgIpc) is 3.74. The number of nitrogens with two attached hydrogens (primary N) is 1. The predicted molar refractivity (Wildman–Crippen MR) is 209 cm³/mol. The minimum atomic E-state index is -0.825. The second kappa shape index (κ2) is 15.6. The summed E-state index contributed by atoms with van der Waals surface area (Å²) in [5, 5.41) is 0.791. The molecule has 0 spiro atoms. The van der Waals surface area contributed by atoms with Gasteiger partial charge in [-0.1, -0.05) is 60.7 Å². The maximum absolute atomic E-state index is 13.9. The third-order valence-electron chi connectivity index (χ3n) is 9.76. The quantitative estimate of drug-likeness (QED) is 0.163. The Morgan fingerprint density at radius 1 is 0.852 bits per heavy atom. The van der Waals surface area contributed by atoms with E-state index < -0.39 is 23.1 Å².